The zero-order valence-electron chi connectivity index (χ0n) is 16.8. The van der Waals surface area contributed by atoms with Gasteiger partial charge in [-0.15, -0.1) is 0 Å². The molecule has 0 aliphatic carbocycles. The van der Waals surface area contributed by atoms with Crippen LogP contribution in [0.1, 0.15) is 30.5 Å². The molecule has 1 saturated heterocycles. The number of fused-ring (bicyclic) bond motifs is 1. The number of carbonyl (C=O) groups is 1. The van der Waals surface area contributed by atoms with E-state index in [4.69, 9.17) is 9.72 Å². The highest BCUT2D eigenvalue weighted by molar-refractivity contribution is 6.00. The molecule has 0 atom stereocenters. The minimum absolute atomic E-state index is 0.171. The minimum Gasteiger partial charge on any atom is -0.376 e. The van der Waals surface area contributed by atoms with Crippen LogP contribution < -0.4 is 5.32 Å². The lowest BCUT2D eigenvalue weighted by Gasteiger charge is -2.41. The van der Waals surface area contributed by atoms with Gasteiger partial charge in [0.2, 0.25) is 5.91 Å². The normalized spacial score (nSPS) is 15.5. The molecule has 3 aromatic rings. The number of imidazole rings is 1. The zero-order valence-corrected chi connectivity index (χ0v) is 16.8. The largest absolute Gasteiger partial charge is 0.376 e. The van der Waals surface area contributed by atoms with Crippen molar-refractivity contribution in [1.29, 1.82) is 0 Å². The van der Waals surface area contributed by atoms with Crippen LogP contribution in [0.25, 0.3) is 22.4 Å². The second-order valence-corrected chi connectivity index (χ2v) is 7.92. The number of ether oxygens (including phenoxy) is 1. The Morgan fingerprint density at radius 3 is 2.57 bits per heavy atom. The van der Waals surface area contributed by atoms with Crippen LogP contribution >= 0.6 is 0 Å². The summed E-state index contributed by atoms with van der Waals surface area (Å²) in [5, 5.41) is 2.83. The molecule has 0 saturated carbocycles. The number of hydrogen-bond donors (Lipinski definition) is 1. The van der Waals surface area contributed by atoms with Crippen molar-refractivity contribution in [2.75, 3.05) is 18.5 Å². The first-order valence-electron chi connectivity index (χ1n) is 9.37. The van der Waals surface area contributed by atoms with Crippen molar-refractivity contribution >= 4 is 22.6 Å². The quantitative estimate of drug-likeness (QED) is 0.728. The first-order chi connectivity index (χ1) is 13.2. The minimum atomic E-state index is -0.321. The predicted octanol–water partition coefficient (Wildman–Crippen LogP) is 4.47. The summed E-state index contributed by atoms with van der Waals surface area (Å²) >= 11 is 0. The highest BCUT2D eigenvalue weighted by Crippen LogP contribution is 2.39. The Kier molecular flexibility index (Phi) is 4.27. The van der Waals surface area contributed by atoms with E-state index in [2.05, 4.69) is 16.8 Å². The van der Waals surface area contributed by atoms with Crippen molar-refractivity contribution in [2.24, 2.45) is 0 Å². The second kappa shape index (κ2) is 6.41. The summed E-state index contributed by atoms with van der Waals surface area (Å²) in [6.45, 7) is 10.3. The smallest absolute Gasteiger partial charge is 0.221 e. The molecule has 4 rings (SSSR count). The van der Waals surface area contributed by atoms with E-state index in [1.165, 1.54) is 6.92 Å². The molecule has 2 aromatic carbocycles. The van der Waals surface area contributed by atoms with Crippen LogP contribution in [0.15, 0.2) is 24.3 Å². The Hall–Kier alpha value is -2.73. The van der Waals surface area contributed by atoms with E-state index in [9.17, 15) is 4.79 Å². The first kappa shape index (κ1) is 18.6. The van der Waals surface area contributed by atoms with Crippen molar-refractivity contribution in [3.63, 3.8) is 0 Å². The van der Waals surface area contributed by atoms with E-state index in [0.29, 0.717) is 41.4 Å². The van der Waals surface area contributed by atoms with Gasteiger partial charge in [0.25, 0.3) is 0 Å². The van der Waals surface area contributed by atoms with Gasteiger partial charge in [-0.25, -0.2) is 9.37 Å². The lowest BCUT2D eigenvalue weighted by Crippen LogP contribution is -2.49. The van der Waals surface area contributed by atoms with Crippen LogP contribution in [0.5, 0.6) is 0 Å². The van der Waals surface area contributed by atoms with Crippen molar-refractivity contribution < 1.29 is 13.9 Å². The van der Waals surface area contributed by atoms with E-state index in [-0.39, 0.29) is 17.3 Å². The van der Waals surface area contributed by atoms with E-state index in [1.807, 2.05) is 38.1 Å². The van der Waals surface area contributed by atoms with Crippen LogP contribution in [0.2, 0.25) is 0 Å². The summed E-state index contributed by atoms with van der Waals surface area (Å²) in [4.78, 5) is 16.4. The Morgan fingerprint density at radius 2 is 1.96 bits per heavy atom. The van der Waals surface area contributed by atoms with Gasteiger partial charge in [0.05, 0.1) is 35.5 Å². The number of hydrogen-bond acceptors (Lipinski definition) is 3. The standard InChI is InChI=1S/C22H24FN3O2/c1-12-9-16(19(23)14(3)13(12)2)21-25-20-17(24-15(4)27)7-6-8-18(20)26(21)22(5)10-28-11-22/h6-9H,10-11H2,1-5H3,(H,24,27). The highest BCUT2D eigenvalue weighted by Gasteiger charge is 2.39. The number of rotatable bonds is 3. The summed E-state index contributed by atoms with van der Waals surface area (Å²) in [5.41, 5.74) is 4.86. The van der Waals surface area contributed by atoms with E-state index in [1.54, 1.807) is 6.92 Å². The van der Waals surface area contributed by atoms with Gasteiger partial charge in [-0.2, -0.15) is 0 Å². The van der Waals surface area contributed by atoms with E-state index >= 15 is 4.39 Å². The molecule has 1 aliphatic rings. The van der Waals surface area contributed by atoms with Crippen molar-refractivity contribution in [1.82, 2.24) is 9.55 Å². The molecular weight excluding hydrogens is 357 g/mol. The number of aryl methyl sites for hydroxylation is 1. The molecule has 2 heterocycles. The van der Waals surface area contributed by atoms with Crippen LogP contribution in [0, 0.1) is 26.6 Å². The van der Waals surface area contributed by atoms with Gasteiger partial charge in [0, 0.05) is 6.92 Å². The number of benzene rings is 2. The summed E-state index contributed by atoms with van der Waals surface area (Å²) in [5.74, 6) is 0.127. The fourth-order valence-electron chi connectivity index (χ4n) is 3.86. The topological polar surface area (TPSA) is 56.2 Å². The van der Waals surface area contributed by atoms with Crippen molar-refractivity contribution in [2.45, 2.75) is 40.2 Å². The zero-order chi connectivity index (χ0) is 20.2. The van der Waals surface area contributed by atoms with Crippen LogP contribution in [0.3, 0.4) is 0 Å². The number of anilines is 1. The Morgan fingerprint density at radius 1 is 1.25 bits per heavy atom. The van der Waals surface area contributed by atoms with Gasteiger partial charge in [-0.1, -0.05) is 6.07 Å². The summed E-state index contributed by atoms with van der Waals surface area (Å²) in [7, 11) is 0. The molecule has 5 nitrogen and oxygen atoms in total. The average molecular weight is 381 g/mol. The molecule has 6 heteroatoms. The van der Waals surface area contributed by atoms with Crippen molar-refractivity contribution in [3.8, 4) is 11.4 Å². The Balaban J connectivity index is 2.06. The number of nitrogens with one attached hydrogen (secondary N) is 1. The highest BCUT2D eigenvalue weighted by atomic mass is 19.1. The molecule has 1 fully saturated rings. The first-order valence-corrected chi connectivity index (χ1v) is 9.37. The molecule has 0 bridgehead atoms. The number of carbonyl (C=O) groups excluding carboxylic acids is 1. The second-order valence-electron chi connectivity index (χ2n) is 7.92. The number of nitrogens with zero attached hydrogens (tertiary/aromatic N) is 2. The molecule has 1 aliphatic heterocycles. The molecule has 0 unspecified atom stereocenters. The van der Waals surface area contributed by atoms with Gasteiger partial charge >= 0.3 is 0 Å². The maximum atomic E-state index is 15.3. The fraction of sp³-hybridized carbons (Fsp3) is 0.364. The number of amides is 1. The fourth-order valence-corrected chi connectivity index (χ4v) is 3.86. The number of aromatic nitrogens is 2. The Bertz CT molecular complexity index is 1110. The van der Waals surface area contributed by atoms with Gasteiger partial charge in [0.15, 0.2) is 0 Å². The van der Waals surface area contributed by atoms with E-state index < -0.39 is 0 Å². The summed E-state index contributed by atoms with van der Waals surface area (Å²) in [6.07, 6.45) is 0. The SMILES string of the molecule is CC(=O)Nc1cccc2c1nc(-c1cc(C)c(C)c(C)c1F)n2C1(C)COC1. The van der Waals surface area contributed by atoms with Crippen LogP contribution in [0.4, 0.5) is 10.1 Å². The summed E-state index contributed by atoms with van der Waals surface area (Å²) in [6, 6.07) is 7.50. The summed E-state index contributed by atoms with van der Waals surface area (Å²) < 4.78 is 22.8. The molecule has 1 aromatic heterocycles. The monoisotopic (exact) mass is 381 g/mol. The average Bonchev–Trinajstić information content (AvgIpc) is 3.01. The number of para-hydroxylation sites is 1. The lowest BCUT2D eigenvalue weighted by molar-refractivity contribution is -0.114. The van der Waals surface area contributed by atoms with Gasteiger partial charge in [-0.05, 0) is 62.6 Å². The van der Waals surface area contributed by atoms with Crippen LogP contribution in [-0.4, -0.2) is 28.7 Å². The van der Waals surface area contributed by atoms with Crippen LogP contribution in [-0.2, 0) is 15.1 Å². The van der Waals surface area contributed by atoms with Gasteiger partial charge in [0.1, 0.15) is 17.2 Å². The van der Waals surface area contributed by atoms with Crippen molar-refractivity contribution in [3.05, 3.63) is 46.8 Å². The van der Waals surface area contributed by atoms with E-state index in [0.717, 1.165) is 16.6 Å². The molecule has 28 heavy (non-hydrogen) atoms. The third-order valence-electron chi connectivity index (χ3n) is 5.68. The third kappa shape index (κ3) is 2.71. The maximum absolute atomic E-state index is 15.3. The molecule has 0 spiro atoms. The van der Waals surface area contributed by atoms with Gasteiger partial charge < -0.3 is 14.6 Å². The molecule has 0 radical (unpaired) electrons. The Labute approximate surface area is 163 Å². The molecule has 1 amide bonds. The third-order valence-corrected chi connectivity index (χ3v) is 5.68. The maximum Gasteiger partial charge on any atom is 0.221 e. The lowest BCUT2D eigenvalue weighted by atomic mass is 9.96. The predicted molar refractivity (Wildman–Crippen MR) is 108 cm³/mol. The number of halogens is 1. The molecular formula is C22H24FN3O2. The molecule has 146 valence electrons. The molecule has 1 N–H and O–H groups in total. The van der Waals surface area contributed by atoms with Gasteiger partial charge in [-0.3, -0.25) is 4.79 Å².